The number of nitrogens with one attached hydrogen (secondary N) is 2. The molecule has 2 aliphatic heterocycles. The Hall–Kier alpha value is -5.38. The molecule has 2 aliphatic rings. The normalized spacial score (nSPS) is 13.3. The van der Waals surface area contributed by atoms with Crippen LogP contribution in [0.5, 0.6) is 0 Å². The Morgan fingerprint density at radius 1 is 0.634 bits per heavy atom. The Labute approximate surface area is 414 Å². The Balaban J connectivity index is 0.844. The molecule has 2 aromatic rings. The van der Waals surface area contributed by atoms with E-state index in [1.165, 1.54) is 5.06 Å². The zero-order valence-electron chi connectivity index (χ0n) is 41.0. The first-order valence-corrected chi connectivity index (χ1v) is 23.9. The number of carbonyl (C=O) groups excluding carboxylic acids is 4. The maximum absolute atomic E-state index is 13.2. The molecule has 0 radical (unpaired) electrons. The van der Waals surface area contributed by atoms with Gasteiger partial charge in [0.1, 0.15) is 12.4 Å². The highest BCUT2D eigenvalue weighted by Crippen LogP contribution is 2.30. The molecule has 24 heteroatoms. The number of hydroxylamine groups is 2. The fraction of sp³-hybridized carbons (Fsp3) is 0.617. The maximum Gasteiger partial charge on any atom is 0.273 e. The molecule has 0 atom stereocenters. The quantitative estimate of drug-likeness (QED) is 0.0477. The van der Waals surface area contributed by atoms with E-state index in [4.69, 9.17) is 57.9 Å². The van der Waals surface area contributed by atoms with Gasteiger partial charge in [0, 0.05) is 73.5 Å². The number of fused-ring (bicyclic) bond motifs is 1. The summed E-state index contributed by atoms with van der Waals surface area (Å²) in [6.45, 7) is 13.7. The van der Waals surface area contributed by atoms with E-state index >= 15 is 0 Å². The lowest BCUT2D eigenvalue weighted by Gasteiger charge is -2.21. The molecule has 0 saturated heterocycles. The first kappa shape index (κ1) is 58.2. The number of amides is 4. The third kappa shape index (κ3) is 24.5. The van der Waals surface area contributed by atoms with Crippen LogP contribution in [0.2, 0.25) is 0 Å². The molecule has 4 N–H and O–H groups in total. The summed E-state index contributed by atoms with van der Waals surface area (Å²) >= 11 is 0. The van der Waals surface area contributed by atoms with Gasteiger partial charge in [0.05, 0.1) is 150 Å². The van der Waals surface area contributed by atoms with E-state index in [1.807, 2.05) is 19.9 Å². The molecule has 0 bridgehead atoms. The Morgan fingerprint density at radius 3 is 1.55 bits per heavy atom. The number of pyridine rings is 1. The van der Waals surface area contributed by atoms with Crippen LogP contribution >= 0.6 is 0 Å². The summed E-state index contributed by atoms with van der Waals surface area (Å²) in [6.07, 6.45) is 10.0. The third-order valence-electron chi connectivity index (χ3n) is 9.69. The highest BCUT2D eigenvalue weighted by Gasteiger charge is 2.25. The van der Waals surface area contributed by atoms with Crippen molar-refractivity contribution in [3.05, 3.63) is 48.1 Å². The summed E-state index contributed by atoms with van der Waals surface area (Å²) in [7, 11) is 0. The molecule has 4 rings (SSSR count). The molecular formula is C47H71N9O15. The fourth-order valence-electron chi connectivity index (χ4n) is 6.24. The fourth-order valence-corrected chi connectivity index (χ4v) is 6.24. The smallest absolute Gasteiger partial charge is 0.273 e. The van der Waals surface area contributed by atoms with E-state index in [0.717, 1.165) is 34.6 Å². The van der Waals surface area contributed by atoms with Crippen LogP contribution in [-0.4, -0.2) is 219 Å². The maximum atomic E-state index is 13.2. The number of aromatic nitrogens is 3. The number of carbonyl (C=O) groups is 4. The van der Waals surface area contributed by atoms with Crippen molar-refractivity contribution < 1.29 is 71.4 Å². The molecule has 71 heavy (non-hydrogen) atoms. The van der Waals surface area contributed by atoms with E-state index in [0.29, 0.717) is 174 Å². The van der Waals surface area contributed by atoms with Crippen molar-refractivity contribution in [2.75, 3.05) is 170 Å². The summed E-state index contributed by atoms with van der Waals surface area (Å²) in [5.74, 6) is -0.905. The number of aliphatic imine (C=N–C) groups is 1. The molecule has 394 valence electrons. The van der Waals surface area contributed by atoms with Gasteiger partial charge in [0.25, 0.3) is 17.7 Å². The molecule has 4 amide bonds. The SMILES string of the molecule is CCCN(OCC)C(=O)C1=Cc2ncc(-c3cnc(NCCOCCOCCOCCOCCOCCOCCOCCOCCOCCOCCNC(=O)CN4C(=O)C=CC4=O)nc3)cc2N=C(N)C1. The Bertz CT molecular complexity index is 1930. The Morgan fingerprint density at radius 2 is 1.08 bits per heavy atom. The van der Waals surface area contributed by atoms with Gasteiger partial charge in [-0.2, -0.15) is 0 Å². The number of ether oxygens (including phenoxy) is 10. The summed E-state index contributed by atoms with van der Waals surface area (Å²) < 4.78 is 55.0. The second-order valence-electron chi connectivity index (χ2n) is 15.2. The lowest BCUT2D eigenvalue weighted by molar-refractivity contribution is -0.180. The first-order valence-electron chi connectivity index (χ1n) is 23.9. The third-order valence-corrected chi connectivity index (χ3v) is 9.69. The van der Waals surface area contributed by atoms with E-state index in [1.54, 1.807) is 24.7 Å². The lowest BCUT2D eigenvalue weighted by atomic mass is 10.1. The minimum atomic E-state index is -0.497. The van der Waals surface area contributed by atoms with Gasteiger partial charge in [0.2, 0.25) is 11.9 Å². The number of imide groups is 1. The predicted octanol–water partition coefficient (Wildman–Crippen LogP) is 1.12. The van der Waals surface area contributed by atoms with Crippen LogP contribution in [0.3, 0.4) is 0 Å². The van der Waals surface area contributed by atoms with Crippen LogP contribution in [0.1, 0.15) is 32.4 Å². The van der Waals surface area contributed by atoms with Gasteiger partial charge in [-0.1, -0.05) is 6.92 Å². The van der Waals surface area contributed by atoms with Crippen molar-refractivity contribution in [1.29, 1.82) is 0 Å². The predicted molar refractivity (Wildman–Crippen MR) is 258 cm³/mol. The summed E-state index contributed by atoms with van der Waals surface area (Å²) in [5.41, 5.74) is 9.27. The van der Waals surface area contributed by atoms with E-state index < -0.39 is 17.7 Å². The van der Waals surface area contributed by atoms with Gasteiger partial charge in [0.15, 0.2) is 0 Å². The number of rotatable bonds is 42. The van der Waals surface area contributed by atoms with E-state index in [9.17, 15) is 19.2 Å². The largest absolute Gasteiger partial charge is 0.387 e. The zero-order chi connectivity index (χ0) is 50.6. The van der Waals surface area contributed by atoms with E-state index in [-0.39, 0.29) is 32.0 Å². The average Bonchev–Trinajstić information content (AvgIpc) is 3.57. The molecule has 0 fully saturated rings. The topological polar surface area (TPSA) is 277 Å². The zero-order valence-corrected chi connectivity index (χ0v) is 41.0. The monoisotopic (exact) mass is 1000 g/mol. The van der Waals surface area contributed by atoms with Gasteiger partial charge < -0.3 is 63.7 Å². The number of nitrogens with two attached hydrogens (primary N) is 1. The second kappa shape index (κ2) is 36.5. The summed E-state index contributed by atoms with van der Waals surface area (Å²) in [5, 5.41) is 7.10. The van der Waals surface area contributed by atoms with Crippen LogP contribution in [0.25, 0.3) is 17.2 Å². The van der Waals surface area contributed by atoms with Gasteiger partial charge in [-0.3, -0.25) is 33.9 Å². The molecule has 0 aliphatic carbocycles. The van der Waals surface area contributed by atoms with Crippen LogP contribution in [0.15, 0.2) is 47.4 Å². The minimum Gasteiger partial charge on any atom is -0.387 e. The van der Waals surface area contributed by atoms with Gasteiger partial charge in [-0.25, -0.2) is 20.0 Å². The van der Waals surface area contributed by atoms with Crippen molar-refractivity contribution >= 4 is 47.2 Å². The summed E-state index contributed by atoms with van der Waals surface area (Å²) in [6, 6.07) is 1.85. The van der Waals surface area contributed by atoms with Crippen molar-refractivity contribution in [2.24, 2.45) is 10.7 Å². The highest BCUT2D eigenvalue weighted by atomic mass is 16.7. The highest BCUT2D eigenvalue weighted by molar-refractivity contribution is 6.14. The van der Waals surface area contributed by atoms with Crippen molar-refractivity contribution in [3.63, 3.8) is 0 Å². The number of nitrogens with zero attached hydrogens (tertiary/aromatic N) is 6. The molecule has 0 aromatic carbocycles. The van der Waals surface area contributed by atoms with Crippen LogP contribution in [-0.2, 0) is 71.4 Å². The van der Waals surface area contributed by atoms with Gasteiger partial charge in [-0.05, 0) is 25.5 Å². The minimum absolute atomic E-state index is 0.191. The van der Waals surface area contributed by atoms with E-state index in [2.05, 4.69) is 30.6 Å². The van der Waals surface area contributed by atoms with Gasteiger partial charge in [-0.15, -0.1) is 0 Å². The number of amidine groups is 1. The first-order chi connectivity index (χ1) is 34.8. The molecule has 4 heterocycles. The second-order valence-corrected chi connectivity index (χ2v) is 15.2. The van der Waals surface area contributed by atoms with Gasteiger partial charge >= 0.3 is 0 Å². The number of hydrogen-bond donors (Lipinski definition) is 3. The standard InChI is InChI=1S/C47H71N9O15/c1-3-9-56(71-4-2)46(60)37-30-40-41(54-42(48)32-37)31-38(33-51-40)39-34-52-47(53-35-39)50-8-11-62-13-15-64-17-19-66-21-23-68-25-27-70-29-28-69-26-24-67-22-20-65-18-16-63-14-12-61-10-7-49-43(57)36-55-44(58)5-6-45(55)59/h5-6,30-31,33-35H,3-4,7-29,32,36H2,1-2H3,(H2,48,54)(H,49,57)(H,50,52,53). The number of hydrogen-bond acceptors (Lipinski definition) is 21. The molecular weight excluding hydrogens is 931 g/mol. The molecule has 2 aromatic heterocycles. The summed E-state index contributed by atoms with van der Waals surface area (Å²) in [4.78, 5) is 72.2. The lowest BCUT2D eigenvalue weighted by Crippen LogP contribution is -2.41. The number of anilines is 1. The van der Waals surface area contributed by atoms with Crippen molar-refractivity contribution in [3.8, 4) is 11.1 Å². The Kier molecular flexibility index (Phi) is 29.9. The molecule has 0 unspecified atom stereocenters. The van der Waals surface area contributed by atoms with Crippen LogP contribution < -0.4 is 16.4 Å². The van der Waals surface area contributed by atoms with Crippen LogP contribution in [0.4, 0.5) is 11.6 Å². The van der Waals surface area contributed by atoms with Crippen molar-refractivity contribution in [1.82, 2.24) is 30.2 Å². The van der Waals surface area contributed by atoms with Crippen LogP contribution in [0, 0.1) is 0 Å². The molecule has 0 spiro atoms. The molecule has 24 nitrogen and oxygen atoms in total. The molecule has 0 saturated carbocycles. The van der Waals surface area contributed by atoms with Crippen molar-refractivity contribution in [2.45, 2.75) is 26.7 Å². The average molecular weight is 1000 g/mol.